The van der Waals surface area contributed by atoms with Crippen molar-refractivity contribution in [2.45, 2.75) is 20.4 Å². The molecule has 2 N–H and O–H groups in total. The Bertz CT molecular complexity index is 861. The van der Waals surface area contributed by atoms with Gasteiger partial charge in [-0.05, 0) is 55.3 Å². The van der Waals surface area contributed by atoms with E-state index in [0.717, 1.165) is 28.2 Å². The van der Waals surface area contributed by atoms with Crippen molar-refractivity contribution in [2.75, 3.05) is 10.6 Å². The molecule has 0 aliphatic heterocycles. The number of aromatic nitrogens is 2. The molecule has 25 heavy (non-hydrogen) atoms. The third-order valence-corrected chi connectivity index (χ3v) is 4.05. The summed E-state index contributed by atoms with van der Waals surface area (Å²) in [5, 5.41) is 6.15. The van der Waals surface area contributed by atoms with Crippen LogP contribution in [0.25, 0.3) is 0 Å². The number of hydrogen-bond donors (Lipinski definition) is 2. The zero-order valence-corrected chi connectivity index (χ0v) is 14.3. The van der Waals surface area contributed by atoms with Crippen molar-refractivity contribution in [2.24, 2.45) is 0 Å². The van der Waals surface area contributed by atoms with E-state index in [0.29, 0.717) is 12.2 Å². The van der Waals surface area contributed by atoms with Crippen LogP contribution in [0.15, 0.2) is 60.9 Å². The van der Waals surface area contributed by atoms with Crippen molar-refractivity contribution in [3.8, 4) is 0 Å². The first-order valence-electron chi connectivity index (χ1n) is 8.11. The summed E-state index contributed by atoms with van der Waals surface area (Å²) >= 11 is 0. The van der Waals surface area contributed by atoms with Crippen LogP contribution in [0.2, 0.25) is 0 Å². The van der Waals surface area contributed by atoms with Gasteiger partial charge in [-0.2, -0.15) is 0 Å². The molecule has 5 nitrogen and oxygen atoms in total. The number of anilines is 2. The van der Waals surface area contributed by atoms with Gasteiger partial charge in [0.15, 0.2) is 0 Å². The van der Waals surface area contributed by atoms with Crippen LogP contribution >= 0.6 is 0 Å². The molecule has 0 aliphatic rings. The number of amides is 1. The Kier molecular flexibility index (Phi) is 5.04. The Hall–Kier alpha value is -3.21. The highest BCUT2D eigenvalue weighted by atomic mass is 16.1. The Morgan fingerprint density at radius 1 is 1.00 bits per heavy atom. The largest absolute Gasteiger partial charge is 0.378 e. The molecule has 1 aromatic carbocycles. The van der Waals surface area contributed by atoms with Crippen molar-refractivity contribution < 1.29 is 4.79 Å². The number of benzene rings is 1. The van der Waals surface area contributed by atoms with Gasteiger partial charge in [-0.3, -0.25) is 9.78 Å². The van der Waals surface area contributed by atoms with Crippen LogP contribution in [0, 0.1) is 13.8 Å². The number of pyridine rings is 2. The predicted octanol–water partition coefficient (Wildman–Crippen LogP) is 3.96. The Morgan fingerprint density at radius 2 is 1.88 bits per heavy atom. The second kappa shape index (κ2) is 7.57. The van der Waals surface area contributed by atoms with Crippen molar-refractivity contribution in [1.82, 2.24) is 9.97 Å². The highest BCUT2D eigenvalue weighted by Crippen LogP contribution is 2.19. The van der Waals surface area contributed by atoms with Crippen LogP contribution in [0.5, 0.6) is 0 Å². The maximum Gasteiger partial charge on any atom is 0.274 e. The maximum absolute atomic E-state index is 12.4. The van der Waals surface area contributed by atoms with Crippen LogP contribution < -0.4 is 10.6 Å². The lowest BCUT2D eigenvalue weighted by Gasteiger charge is -2.10. The molecule has 1 amide bonds. The van der Waals surface area contributed by atoms with Gasteiger partial charge in [-0.15, -0.1) is 0 Å². The summed E-state index contributed by atoms with van der Waals surface area (Å²) in [5.41, 5.74) is 5.17. The fraction of sp³-hybridized carbons (Fsp3) is 0.150. The lowest BCUT2D eigenvalue weighted by atomic mass is 10.1. The van der Waals surface area contributed by atoms with Crippen LogP contribution in [-0.4, -0.2) is 15.9 Å². The van der Waals surface area contributed by atoms with Gasteiger partial charge in [-0.1, -0.05) is 18.2 Å². The first kappa shape index (κ1) is 16.6. The molecule has 0 bridgehead atoms. The van der Waals surface area contributed by atoms with Crippen LogP contribution in [-0.2, 0) is 6.54 Å². The number of hydrogen-bond acceptors (Lipinski definition) is 4. The van der Waals surface area contributed by atoms with Crippen molar-refractivity contribution in [3.63, 3.8) is 0 Å². The first-order chi connectivity index (χ1) is 12.1. The maximum atomic E-state index is 12.4. The number of aryl methyl sites for hydroxylation is 1. The van der Waals surface area contributed by atoms with Gasteiger partial charge in [0.25, 0.3) is 5.91 Å². The molecule has 0 saturated carbocycles. The second-order valence-electron chi connectivity index (χ2n) is 5.81. The van der Waals surface area contributed by atoms with E-state index >= 15 is 0 Å². The smallest absolute Gasteiger partial charge is 0.274 e. The molecule has 5 heteroatoms. The van der Waals surface area contributed by atoms with Crippen LogP contribution in [0.1, 0.15) is 27.3 Å². The summed E-state index contributed by atoms with van der Waals surface area (Å²) < 4.78 is 0. The molecule has 3 rings (SSSR count). The van der Waals surface area contributed by atoms with E-state index in [2.05, 4.69) is 20.6 Å². The minimum atomic E-state index is -0.218. The Labute approximate surface area is 147 Å². The number of rotatable bonds is 5. The zero-order chi connectivity index (χ0) is 17.6. The minimum Gasteiger partial charge on any atom is -0.378 e. The summed E-state index contributed by atoms with van der Waals surface area (Å²) in [6.45, 7) is 4.62. The molecule has 2 heterocycles. The molecular formula is C20H20N4O. The number of carbonyl (C=O) groups excluding carboxylic acids is 1. The second-order valence-corrected chi connectivity index (χ2v) is 5.81. The third kappa shape index (κ3) is 4.20. The molecule has 0 spiro atoms. The zero-order valence-electron chi connectivity index (χ0n) is 14.3. The van der Waals surface area contributed by atoms with E-state index in [-0.39, 0.29) is 5.91 Å². The molecular weight excluding hydrogens is 312 g/mol. The van der Waals surface area contributed by atoms with Gasteiger partial charge in [0.2, 0.25) is 0 Å². The molecule has 0 saturated heterocycles. The SMILES string of the molecule is Cc1cccc(NC(=O)c2ccc(NCc3ccccn3)cn2)c1C. The Morgan fingerprint density at radius 3 is 2.60 bits per heavy atom. The van der Waals surface area contributed by atoms with Gasteiger partial charge in [0.1, 0.15) is 5.69 Å². The highest BCUT2D eigenvalue weighted by molar-refractivity contribution is 6.03. The molecule has 0 unspecified atom stereocenters. The van der Waals surface area contributed by atoms with Crippen LogP contribution in [0.3, 0.4) is 0 Å². The summed E-state index contributed by atoms with van der Waals surface area (Å²) in [7, 11) is 0. The van der Waals surface area contributed by atoms with Crippen molar-refractivity contribution in [1.29, 1.82) is 0 Å². The summed E-state index contributed by atoms with van der Waals surface area (Å²) in [5.74, 6) is -0.218. The molecule has 0 fully saturated rings. The van der Waals surface area contributed by atoms with Crippen LogP contribution in [0.4, 0.5) is 11.4 Å². The predicted molar refractivity (Wildman–Crippen MR) is 99.7 cm³/mol. The van der Waals surface area contributed by atoms with Crippen molar-refractivity contribution in [3.05, 3.63) is 83.4 Å². The van der Waals surface area contributed by atoms with E-state index in [1.807, 2.05) is 56.3 Å². The Balaban J connectivity index is 1.63. The number of carbonyl (C=O) groups is 1. The summed E-state index contributed by atoms with van der Waals surface area (Å²) in [6, 6.07) is 15.2. The fourth-order valence-corrected chi connectivity index (χ4v) is 2.40. The van der Waals surface area contributed by atoms with E-state index in [4.69, 9.17) is 0 Å². The van der Waals surface area contributed by atoms with Gasteiger partial charge < -0.3 is 10.6 Å². The van der Waals surface area contributed by atoms with Crippen molar-refractivity contribution >= 4 is 17.3 Å². The van der Waals surface area contributed by atoms with E-state index in [1.54, 1.807) is 18.5 Å². The number of nitrogens with zero attached hydrogens (tertiary/aromatic N) is 2. The highest BCUT2D eigenvalue weighted by Gasteiger charge is 2.10. The summed E-state index contributed by atoms with van der Waals surface area (Å²) in [6.07, 6.45) is 3.41. The molecule has 0 aliphatic carbocycles. The quantitative estimate of drug-likeness (QED) is 0.742. The normalized spacial score (nSPS) is 10.3. The topological polar surface area (TPSA) is 66.9 Å². The lowest BCUT2D eigenvalue weighted by Crippen LogP contribution is -2.14. The summed E-state index contributed by atoms with van der Waals surface area (Å²) in [4.78, 5) is 20.9. The minimum absolute atomic E-state index is 0.218. The monoisotopic (exact) mass is 332 g/mol. The lowest BCUT2D eigenvalue weighted by molar-refractivity contribution is 0.102. The van der Waals surface area contributed by atoms with Gasteiger partial charge in [0.05, 0.1) is 24.1 Å². The van der Waals surface area contributed by atoms with Gasteiger partial charge in [-0.25, -0.2) is 4.98 Å². The molecule has 126 valence electrons. The first-order valence-corrected chi connectivity index (χ1v) is 8.11. The molecule has 0 radical (unpaired) electrons. The van der Waals surface area contributed by atoms with E-state index in [9.17, 15) is 4.79 Å². The number of nitrogens with one attached hydrogen (secondary N) is 2. The van der Waals surface area contributed by atoms with E-state index in [1.165, 1.54) is 0 Å². The standard InChI is InChI=1S/C20H20N4O/c1-14-6-5-8-18(15(14)2)24-20(25)19-10-9-17(13-23-19)22-12-16-7-3-4-11-21-16/h3-11,13,22H,12H2,1-2H3,(H,24,25). The van der Waals surface area contributed by atoms with Gasteiger partial charge in [0, 0.05) is 11.9 Å². The molecule has 0 atom stereocenters. The third-order valence-electron chi connectivity index (χ3n) is 4.05. The molecule has 2 aromatic heterocycles. The average Bonchev–Trinajstić information content (AvgIpc) is 2.65. The molecule has 3 aromatic rings. The fourth-order valence-electron chi connectivity index (χ4n) is 2.40. The van der Waals surface area contributed by atoms with E-state index < -0.39 is 0 Å². The average molecular weight is 332 g/mol. The van der Waals surface area contributed by atoms with Gasteiger partial charge >= 0.3 is 0 Å².